The van der Waals surface area contributed by atoms with E-state index in [9.17, 15) is 14.7 Å². The number of likely N-dealkylation sites (tertiary alicyclic amines) is 2. The molecule has 10 rings (SSSR count). The number of nitrogens with zero attached hydrogens (tertiary/aromatic N) is 6. The summed E-state index contributed by atoms with van der Waals surface area (Å²) < 4.78 is 31.0. The monoisotopic (exact) mass is 888 g/mol. The highest BCUT2D eigenvalue weighted by atomic mass is 19.1. The number of aryl methyl sites for hydroxylation is 1. The fraction of sp³-hybridized carbons (Fsp3) is 0.469. The third kappa shape index (κ3) is 8.43. The van der Waals surface area contributed by atoms with E-state index in [1.165, 1.54) is 0 Å². The van der Waals surface area contributed by atoms with Crippen LogP contribution in [-0.4, -0.2) is 115 Å². The van der Waals surface area contributed by atoms with E-state index in [-0.39, 0.29) is 53.9 Å². The van der Waals surface area contributed by atoms with E-state index >= 15 is 4.39 Å². The van der Waals surface area contributed by atoms with Gasteiger partial charge in [0.05, 0.1) is 30.6 Å². The van der Waals surface area contributed by atoms with Gasteiger partial charge < -0.3 is 55.9 Å². The lowest BCUT2D eigenvalue weighted by Crippen LogP contribution is -2.54. The first kappa shape index (κ1) is 43.0. The molecule has 7 heterocycles. The molecule has 2 bridgehead atoms. The summed E-state index contributed by atoms with van der Waals surface area (Å²) in [4.78, 5) is 35.2. The molecule has 15 nitrogen and oxygen atoms in total. The Morgan fingerprint density at radius 2 is 1.58 bits per heavy atom. The molecule has 6 saturated heterocycles. The molecule has 3 amide bonds. The molecule has 2 atom stereocenters. The summed E-state index contributed by atoms with van der Waals surface area (Å²) in [6, 6.07) is 18.6. The number of hydrogen-bond acceptors (Lipinski definition) is 12. The van der Waals surface area contributed by atoms with Crippen LogP contribution in [0.5, 0.6) is 5.75 Å². The standard InChI is InChI=1S/C49H61FN10O5/c1-31-25-59(42-11-9-33(22-39(31)42)58-19-14-46(62)54-48(58)63)37-29-64-49(65-30-37)15-20-55(21-16-49)26-32-12-17-56(18-13-32)43-23-34(8-10-40(43)50)60-35-6-7-36(60)28-57(27-35)44(47(52)53)24-41(51)38-4-2-3-5-45(38)61/h2-5,8-11,22-25,32,35-37,61H,6-7,12-21,26-30,51-53H2,1H3,(H,54,62,63)/b41-24-. The Kier molecular flexibility index (Phi) is 11.5. The number of aromatic nitrogens is 1. The zero-order valence-corrected chi connectivity index (χ0v) is 37.1. The van der Waals surface area contributed by atoms with Crippen LogP contribution < -0.4 is 37.2 Å². The minimum atomic E-state index is -0.565. The summed E-state index contributed by atoms with van der Waals surface area (Å²) in [5.41, 5.74) is 25.1. The number of nitrogens with two attached hydrogens (primary N) is 3. The second kappa shape index (κ2) is 17.4. The smallest absolute Gasteiger partial charge is 0.328 e. The molecule has 1 aromatic heterocycles. The molecule has 8 N–H and O–H groups in total. The molecule has 65 heavy (non-hydrogen) atoms. The quantitative estimate of drug-likeness (QED) is 0.137. The van der Waals surface area contributed by atoms with Crippen molar-refractivity contribution in [2.45, 2.75) is 75.8 Å². The highest BCUT2D eigenvalue weighted by Crippen LogP contribution is 2.41. The number of fused-ring (bicyclic) bond motifs is 3. The molecule has 344 valence electrons. The normalized spacial score (nSPS) is 23.4. The molecule has 0 saturated carbocycles. The average Bonchev–Trinajstić information content (AvgIpc) is 3.77. The number of nitrogens with one attached hydrogen (secondary N) is 1. The van der Waals surface area contributed by atoms with E-state index in [1.54, 1.807) is 35.2 Å². The summed E-state index contributed by atoms with van der Waals surface area (Å²) in [6.07, 6.45) is 9.86. The average molecular weight is 889 g/mol. The third-order valence-corrected chi connectivity index (χ3v) is 14.8. The van der Waals surface area contributed by atoms with Gasteiger partial charge in [-0.3, -0.25) is 15.0 Å². The Morgan fingerprint density at radius 3 is 2.28 bits per heavy atom. The number of phenols is 1. The predicted octanol–water partition coefficient (Wildman–Crippen LogP) is 5.28. The maximum absolute atomic E-state index is 15.6. The van der Waals surface area contributed by atoms with Crippen LogP contribution in [0.2, 0.25) is 0 Å². The van der Waals surface area contributed by atoms with Crippen molar-refractivity contribution < 1.29 is 28.6 Å². The van der Waals surface area contributed by atoms with Gasteiger partial charge in [0.1, 0.15) is 17.4 Å². The highest BCUT2D eigenvalue weighted by Gasteiger charge is 2.43. The van der Waals surface area contributed by atoms with Gasteiger partial charge in [0, 0.05) is 123 Å². The number of para-hydroxylation sites is 1. The SMILES string of the molecule is Cc1cn(C2COC3(CCN(CC4CCN(c5cc(N6C7CCC6CN(C(/C=C(\N)c6ccccc6O)=C(N)N)C7)ccc5F)CC4)CC3)OC2)c2ccc(N3CCC(=O)NC3=O)cc12. The molecule has 16 heteroatoms. The lowest BCUT2D eigenvalue weighted by Gasteiger charge is -2.46. The van der Waals surface area contributed by atoms with Crippen molar-refractivity contribution >= 4 is 45.6 Å². The number of phenolic OH excluding ortho intramolecular Hbond substituents is 1. The Morgan fingerprint density at radius 1 is 0.877 bits per heavy atom. The molecule has 0 aliphatic carbocycles. The molecule has 3 aromatic carbocycles. The largest absolute Gasteiger partial charge is 0.507 e. The van der Waals surface area contributed by atoms with E-state index in [4.69, 9.17) is 26.7 Å². The lowest BCUT2D eigenvalue weighted by molar-refractivity contribution is -0.295. The van der Waals surface area contributed by atoms with E-state index < -0.39 is 5.79 Å². The maximum Gasteiger partial charge on any atom is 0.328 e. The van der Waals surface area contributed by atoms with Gasteiger partial charge in [-0.2, -0.15) is 0 Å². The number of benzene rings is 3. The van der Waals surface area contributed by atoms with Crippen LogP contribution in [0.3, 0.4) is 0 Å². The Hall–Kier alpha value is -5.97. The van der Waals surface area contributed by atoms with Gasteiger partial charge in [0.2, 0.25) is 5.91 Å². The Bertz CT molecular complexity index is 2500. The number of imide groups is 1. The maximum atomic E-state index is 15.6. The number of allylic oxidation sites excluding steroid dienone is 1. The van der Waals surface area contributed by atoms with Crippen molar-refractivity contribution in [2.75, 3.05) is 80.3 Å². The van der Waals surface area contributed by atoms with Gasteiger partial charge in [0.25, 0.3) is 0 Å². The molecular formula is C49H61FN10O5. The molecule has 0 radical (unpaired) electrons. The van der Waals surface area contributed by atoms with E-state index in [1.807, 2.05) is 30.3 Å². The lowest BCUT2D eigenvalue weighted by atomic mass is 9.94. The van der Waals surface area contributed by atoms with Crippen molar-refractivity contribution in [3.8, 4) is 5.75 Å². The Balaban J connectivity index is 0.708. The van der Waals surface area contributed by atoms with Crippen molar-refractivity contribution in [3.05, 3.63) is 101 Å². The molecule has 6 aliphatic rings. The van der Waals surface area contributed by atoms with Gasteiger partial charge in [-0.1, -0.05) is 12.1 Å². The first-order valence-corrected chi connectivity index (χ1v) is 23.2. The number of aromatic hydroxyl groups is 1. The zero-order valence-electron chi connectivity index (χ0n) is 37.1. The summed E-state index contributed by atoms with van der Waals surface area (Å²) in [7, 11) is 0. The fourth-order valence-electron chi connectivity index (χ4n) is 11.3. The number of hydrogen-bond donors (Lipinski definition) is 5. The number of urea groups is 1. The van der Waals surface area contributed by atoms with Crippen LogP contribution in [0.4, 0.5) is 26.2 Å². The fourth-order valence-corrected chi connectivity index (χ4v) is 11.3. The number of piperazine rings is 1. The van der Waals surface area contributed by atoms with Crippen molar-refractivity contribution in [1.82, 2.24) is 19.7 Å². The minimum absolute atomic E-state index is 0.0328. The van der Waals surface area contributed by atoms with Crippen molar-refractivity contribution in [1.29, 1.82) is 0 Å². The highest BCUT2D eigenvalue weighted by molar-refractivity contribution is 6.06. The predicted molar refractivity (Wildman–Crippen MR) is 249 cm³/mol. The molecule has 6 aliphatic heterocycles. The number of halogens is 1. The molecule has 2 unspecified atom stereocenters. The number of rotatable bonds is 9. The first-order valence-electron chi connectivity index (χ1n) is 23.2. The van der Waals surface area contributed by atoms with Gasteiger partial charge in [-0.15, -0.1) is 0 Å². The Labute approximate surface area is 379 Å². The second-order valence-corrected chi connectivity index (χ2v) is 18.9. The summed E-state index contributed by atoms with van der Waals surface area (Å²) in [6.45, 7) is 9.44. The van der Waals surface area contributed by atoms with Gasteiger partial charge >= 0.3 is 6.03 Å². The minimum Gasteiger partial charge on any atom is -0.507 e. The van der Waals surface area contributed by atoms with E-state index in [0.29, 0.717) is 61.4 Å². The molecule has 6 fully saturated rings. The van der Waals surface area contributed by atoms with E-state index in [0.717, 1.165) is 99.1 Å². The van der Waals surface area contributed by atoms with Crippen LogP contribution in [0.15, 0.2) is 84.5 Å². The van der Waals surface area contributed by atoms with E-state index in [2.05, 4.69) is 48.7 Å². The number of anilines is 3. The summed E-state index contributed by atoms with van der Waals surface area (Å²) >= 11 is 0. The molecule has 4 aromatic rings. The summed E-state index contributed by atoms with van der Waals surface area (Å²) in [5, 5.41) is 13.8. The molecule has 1 spiro atoms. The zero-order chi connectivity index (χ0) is 45.0. The number of carbonyl (C=O) groups is 2. The van der Waals surface area contributed by atoms with Crippen molar-refractivity contribution in [3.63, 3.8) is 0 Å². The van der Waals surface area contributed by atoms with Crippen molar-refractivity contribution in [2.24, 2.45) is 23.1 Å². The van der Waals surface area contributed by atoms with Crippen LogP contribution in [-0.2, 0) is 14.3 Å². The first-order chi connectivity index (χ1) is 31.4. The summed E-state index contributed by atoms with van der Waals surface area (Å²) in [5.74, 6) is -0.178. The van der Waals surface area contributed by atoms with Crippen LogP contribution in [0.25, 0.3) is 16.6 Å². The van der Waals surface area contributed by atoms with Gasteiger partial charge in [0.15, 0.2) is 5.79 Å². The number of piperidine rings is 2. The number of amides is 3. The van der Waals surface area contributed by atoms with Crippen LogP contribution in [0, 0.1) is 18.7 Å². The topological polar surface area (TPSA) is 184 Å². The van der Waals surface area contributed by atoms with Gasteiger partial charge in [-0.25, -0.2) is 9.18 Å². The third-order valence-electron chi connectivity index (χ3n) is 14.8. The molecular weight excluding hydrogens is 828 g/mol. The van der Waals surface area contributed by atoms with Crippen LogP contribution >= 0.6 is 0 Å². The second-order valence-electron chi connectivity index (χ2n) is 18.9. The number of ether oxygens (including phenoxy) is 2. The van der Waals surface area contributed by atoms with Gasteiger partial charge in [-0.05, 0) is 98.7 Å². The van der Waals surface area contributed by atoms with Crippen LogP contribution in [0.1, 0.15) is 62.1 Å². The number of carbonyl (C=O) groups excluding carboxylic acids is 2.